The van der Waals surface area contributed by atoms with Gasteiger partial charge in [0.05, 0.1) is 23.4 Å². The van der Waals surface area contributed by atoms with E-state index >= 15 is 0 Å². The Morgan fingerprint density at radius 1 is 1.15 bits per heavy atom. The first kappa shape index (κ1) is 23.0. The first-order chi connectivity index (χ1) is 16.5. The van der Waals surface area contributed by atoms with Crippen molar-refractivity contribution in [2.75, 3.05) is 6.61 Å². The molecule has 0 saturated heterocycles. The summed E-state index contributed by atoms with van der Waals surface area (Å²) in [4.78, 5) is 29.5. The van der Waals surface area contributed by atoms with Gasteiger partial charge in [-0.25, -0.2) is 0 Å². The second-order valence-electron chi connectivity index (χ2n) is 9.69. The summed E-state index contributed by atoms with van der Waals surface area (Å²) in [6.07, 6.45) is 6.78. The highest BCUT2D eigenvalue weighted by Crippen LogP contribution is 2.35. The summed E-state index contributed by atoms with van der Waals surface area (Å²) in [5, 5.41) is 5.37. The van der Waals surface area contributed by atoms with Crippen molar-refractivity contribution >= 4 is 33.4 Å². The lowest BCUT2D eigenvalue weighted by atomic mass is 9.93. The van der Waals surface area contributed by atoms with Crippen LogP contribution < -0.4 is 10.1 Å². The van der Waals surface area contributed by atoms with Crippen LogP contribution >= 0.6 is 11.3 Å². The van der Waals surface area contributed by atoms with Gasteiger partial charge in [-0.05, 0) is 61.9 Å². The molecule has 1 aliphatic carbocycles. The molecule has 0 unspecified atom stereocenters. The maximum atomic E-state index is 13.9. The molecule has 2 amide bonds. The maximum absolute atomic E-state index is 13.9. The van der Waals surface area contributed by atoms with Crippen molar-refractivity contribution in [2.24, 2.45) is 0 Å². The molecule has 3 heterocycles. The van der Waals surface area contributed by atoms with E-state index in [9.17, 15) is 9.59 Å². The minimum absolute atomic E-state index is 0.0542. The van der Waals surface area contributed by atoms with Crippen LogP contribution in [0.25, 0.3) is 10.2 Å². The van der Waals surface area contributed by atoms with E-state index in [1.54, 1.807) is 16.2 Å². The molecule has 2 aromatic heterocycles. The van der Waals surface area contributed by atoms with Crippen LogP contribution in [0.15, 0.2) is 41.8 Å². The Bertz CT molecular complexity index is 1170. The molecule has 1 atom stereocenters. The first-order valence-electron chi connectivity index (χ1n) is 12.4. The van der Waals surface area contributed by atoms with Crippen LogP contribution in [0.5, 0.6) is 5.75 Å². The van der Waals surface area contributed by atoms with Crippen LogP contribution in [0.3, 0.4) is 0 Å². The third kappa shape index (κ3) is 4.22. The highest BCUT2D eigenvalue weighted by Gasteiger charge is 2.48. The molecule has 0 radical (unpaired) electrons. The van der Waals surface area contributed by atoms with E-state index in [2.05, 4.69) is 5.32 Å². The predicted octanol–water partition coefficient (Wildman–Crippen LogP) is 5.36. The number of aromatic nitrogens is 1. The molecule has 1 saturated carbocycles. The second-order valence-corrected chi connectivity index (χ2v) is 10.6. The lowest BCUT2D eigenvalue weighted by molar-refractivity contribution is -0.134. The minimum atomic E-state index is -0.983. The van der Waals surface area contributed by atoms with Crippen LogP contribution in [0.1, 0.15) is 68.4 Å². The molecule has 1 aliphatic heterocycles. The summed E-state index contributed by atoms with van der Waals surface area (Å²) >= 11 is 1.63. The summed E-state index contributed by atoms with van der Waals surface area (Å²) in [6, 6.07) is 12.0. The van der Waals surface area contributed by atoms with Crippen molar-refractivity contribution in [3.63, 3.8) is 0 Å². The molecule has 34 heavy (non-hydrogen) atoms. The first-order valence-corrected chi connectivity index (χ1v) is 13.3. The average molecular weight is 480 g/mol. The van der Waals surface area contributed by atoms with Gasteiger partial charge in [0.15, 0.2) is 0 Å². The smallest absolute Gasteiger partial charge is 0.271 e. The molecule has 3 aromatic rings. The van der Waals surface area contributed by atoms with Crippen LogP contribution in [-0.2, 0) is 17.9 Å². The number of carbonyl (C=O) groups is 2. The van der Waals surface area contributed by atoms with E-state index in [0.29, 0.717) is 25.4 Å². The fourth-order valence-corrected chi connectivity index (χ4v) is 6.15. The van der Waals surface area contributed by atoms with E-state index in [1.807, 2.05) is 60.2 Å². The fourth-order valence-electron chi connectivity index (χ4n) is 5.33. The Hall–Kier alpha value is -2.80. The van der Waals surface area contributed by atoms with E-state index in [0.717, 1.165) is 47.2 Å². The van der Waals surface area contributed by atoms with Gasteiger partial charge < -0.3 is 19.5 Å². The average Bonchev–Trinajstić information content (AvgIpc) is 3.32. The summed E-state index contributed by atoms with van der Waals surface area (Å²) in [5.74, 6) is 0.655. The van der Waals surface area contributed by atoms with E-state index < -0.39 is 5.54 Å². The molecular weight excluding hydrogens is 446 g/mol. The SMILES string of the molecule is CCOc1ccc(CN2C(=O)c3cc4sccc4n3C[C@@]2(C)C(=O)NC2CCCCCC2)cc1. The predicted molar refractivity (Wildman–Crippen MR) is 135 cm³/mol. The summed E-state index contributed by atoms with van der Waals surface area (Å²) in [7, 11) is 0. The number of fused-ring (bicyclic) bond motifs is 3. The van der Waals surface area contributed by atoms with Crippen molar-refractivity contribution < 1.29 is 14.3 Å². The summed E-state index contributed by atoms with van der Waals surface area (Å²) in [5.41, 5.74) is 1.69. The van der Waals surface area contributed by atoms with Crippen LogP contribution in [-0.4, -0.2) is 39.5 Å². The van der Waals surface area contributed by atoms with Crippen molar-refractivity contribution in [3.05, 3.63) is 53.0 Å². The normalized spacial score (nSPS) is 21.4. The highest BCUT2D eigenvalue weighted by molar-refractivity contribution is 7.17. The molecule has 0 spiro atoms. The zero-order valence-corrected chi connectivity index (χ0v) is 20.8. The van der Waals surface area contributed by atoms with Gasteiger partial charge in [0.25, 0.3) is 5.91 Å². The molecule has 6 nitrogen and oxygen atoms in total. The third-order valence-electron chi connectivity index (χ3n) is 7.30. The van der Waals surface area contributed by atoms with Gasteiger partial charge in [-0.1, -0.05) is 37.8 Å². The van der Waals surface area contributed by atoms with Gasteiger partial charge in [-0.3, -0.25) is 9.59 Å². The third-order valence-corrected chi connectivity index (χ3v) is 8.16. The molecule has 5 rings (SSSR count). The Labute approximate surface area is 204 Å². The van der Waals surface area contributed by atoms with E-state index in [1.165, 1.54) is 12.8 Å². The van der Waals surface area contributed by atoms with Gasteiger partial charge >= 0.3 is 0 Å². The van der Waals surface area contributed by atoms with Crippen LogP contribution in [0.4, 0.5) is 0 Å². The summed E-state index contributed by atoms with van der Waals surface area (Å²) < 4.78 is 8.69. The number of thiophene rings is 1. The molecule has 1 aromatic carbocycles. The number of benzene rings is 1. The van der Waals surface area contributed by atoms with Crippen molar-refractivity contribution in [1.82, 2.24) is 14.8 Å². The number of nitrogens with zero attached hydrogens (tertiary/aromatic N) is 2. The quantitative estimate of drug-likeness (QED) is 0.485. The number of carbonyl (C=O) groups excluding carboxylic acids is 2. The molecule has 1 fully saturated rings. The Kier molecular flexibility index (Phi) is 6.38. The molecule has 180 valence electrons. The number of hydrogen-bond donors (Lipinski definition) is 1. The molecule has 2 aliphatic rings. The standard InChI is InChI=1S/C27H33N3O3S/c1-3-33-21-12-10-19(11-13-21)17-30-25(31)23-16-24-22(14-15-34-24)29(23)18-27(30,2)26(32)28-20-8-6-4-5-7-9-20/h10-16,20H,3-9,17-18H2,1-2H3,(H,28,32)/t27-/m0/s1. The van der Waals surface area contributed by atoms with E-state index in [-0.39, 0.29) is 17.9 Å². The second kappa shape index (κ2) is 9.45. The molecule has 7 heteroatoms. The van der Waals surface area contributed by atoms with Crippen molar-refractivity contribution in [3.8, 4) is 5.75 Å². The Morgan fingerprint density at radius 3 is 2.59 bits per heavy atom. The molecular formula is C27H33N3O3S. The van der Waals surface area contributed by atoms with Crippen LogP contribution in [0, 0.1) is 0 Å². The number of amides is 2. The number of rotatable bonds is 6. The van der Waals surface area contributed by atoms with Gasteiger partial charge in [0, 0.05) is 12.6 Å². The zero-order chi connectivity index (χ0) is 23.7. The Balaban J connectivity index is 1.48. The van der Waals surface area contributed by atoms with Gasteiger partial charge in [0.1, 0.15) is 17.0 Å². The van der Waals surface area contributed by atoms with E-state index in [4.69, 9.17) is 4.74 Å². The van der Waals surface area contributed by atoms with Crippen molar-refractivity contribution in [1.29, 1.82) is 0 Å². The number of nitrogens with one attached hydrogen (secondary N) is 1. The topological polar surface area (TPSA) is 63.6 Å². The van der Waals surface area contributed by atoms with Gasteiger partial charge in [-0.15, -0.1) is 11.3 Å². The summed E-state index contributed by atoms with van der Waals surface area (Å²) in [6.45, 7) is 5.31. The van der Waals surface area contributed by atoms with Crippen LogP contribution in [0.2, 0.25) is 0 Å². The van der Waals surface area contributed by atoms with Crippen molar-refractivity contribution in [2.45, 2.75) is 77.0 Å². The monoisotopic (exact) mass is 479 g/mol. The highest BCUT2D eigenvalue weighted by atomic mass is 32.1. The lowest BCUT2D eigenvalue weighted by Crippen LogP contribution is -2.64. The fraction of sp³-hybridized carbons (Fsp3) is 0.481. The Morgan fingerprint density at radius 2 is 1.88 bits per heavy atom. The van der Waals surface area contributed by atoms with Gasteiger partial charge in [-0.2, -0.15) is 0 Å². The molecule has 0 bridgehead atoms. The number of ether oxygens (including phenoxy) is 1. The largest absolute Gasteiger partial charge is 0.494 e. The minimum Gasteiger partial charge on any atom is -0.494 e. The zero-order valence-electron chi connectivity index (χ0n) is 20.0. The molecule has 1 N–H and O–H groups in total. The number of hydrogen-bond acceptors (Lipinski definition) is 4. The van der Waals surface area contributed by atoms with Gasteiger partial charge in [0.2, 0.25) is 5.91 Å². The maximum Gasteiger partial charge on any atom is 0.271 e. The lowest BCUT2D eigenvalue weighted by Gasteiger charge is -2.44.